The van der Waals surface area contributed by atoms with E-state index in [9.17, 15) is 4.79 Å². The van der Waals surface area contributed by atoms with E-state index < -0.39 is 11.5 Å². The fourth-order valence-electron chi connectivity index (χ4n) is 4.86. The van der Waals surface area contributed by atoms with Gasteiger partial charge in [0.2, 0.25) is 12.7 Å². The molecule has 10 heteroatoms. The van der Waals surface area contributed by atoms with Crippen LogP contribution in [0.4, 0.5) is 0 Å². The molecule has 36 heavy (non-hydrogen) atoms. The highest BCUT2D eigenvalue weighted by Gasteiger charge is 2.37. The lowest BCUT2D eigenvalue weighted by Crippen LogP contribution is -2.22. The van der Waals surface area contributed by atoms with Gasteiger partial charge >= 0.3 is 5.63 Å². The number of benzene rings is 2. The first kappa shape index (κ1) is 19.6. The van der Waals surface area contributed by atoms with E-state index in [0.717, 1.165) is 11.1 Å². The second-order valence-corrected chi connectivity index (χ2v) is 9.24. The molecule has 6 heterocycles. The van der Waals surface area contributed by atoms with Crippen LogP contribution in [0.25, 0.3) is 28.0 Å². The summed E-state index contributed by atoms with van der Waals surface area (Å²) in [6, 6.07) is 14.9. The van der Waals surface area contributed by atoms with E-state index in [4.69, 9.17) is 23.6 Å². The lowest BCUT2D eigenvalue weighted by atomic mass is 9.85. The van der Waals surface area contributed by atoms with Gasteiger partial charge in [0.05, 0.1) is 22.4 Å². The molecule has 1 unspecified atom stereocenters. The Bertz CT molecular complexity index is 1890. The summed E-state index contributed by atoms with van der Waals surface area (Å²) in [5.41, 5.74) is 3.32. The van der Waals surface area contributed by atoms with Gasteiger partial charge in [-0.1, -0.05) is 12.1 Å². The molecule has 0 radical (unpaired) electrons. The Morgan fingerprint density at radius 2 is 1.94 bits per heavy atom. The van der Waals surface area contributed by atoms with Crippen molar-refractivity contribution in [3.8, 4) is 34.5 Å². The number of hydrogen-bond acceptors (Lipinski definition) is 9. The van der Waals surface area contributed by atoms with Crippen molar-refractivity contribution < 1.29 is 18.6 Å². The summed E-state index contributed by atoms with van der Waals surface area (Å²) in [6.45, 7) is 0.186. The quantitative estimate of drug-likeness (QED) is 0.311. The van der Waals surface area contributed by atoms with Crippen LogP contribution in [0.1, 0.15) is 22.6 Å². The molecule has 1 atom stereocenters. The molecule has 0 amide bonds. The highest BCUT2D eigenvalue weighted by Crippen LogP contribution is 2.49. The molecule has 174 valence electrons. The minimum atomic E-state index is -0.485. The smallest absolute Gasteiger partial charge is 0.344 e. The first-order chi connectivity index (χ1) is 17.7. The molecule has 9 nitrogen and oxygen atoms in total. The highest BCUT2D eigenvalue weighted by molar-refractivity contribution is 7.08. The van der Waals surface area contributed by atoms with Crippen LogP contribution in [0.15, 0.2) is 74.8 Å². The first-order valence-corrected chi connectivity index (χ1v) is 12.1. The van der Waals surface area contributed by atoms with Gasteiger partial charge in [0.25, 0.3) is 0 Å². The van der Waals surface area contributed by atoms with Crippen LogP contribution in [0.2, 0.25) is 0 Å². The number of rotatable bonds is 2. The summed E-state index contributed by atoms with van der Waals surface area (Å²) >= 11 is 1.55. The van der Waals surface area contributed by atoms with Crippen molar-refractivity contribution >= 4 is 28.0 Å². The van der Waals surface area contributed by atoms with Gasteiger partial charge in [0.1, 0.15) is 11.9 Å². The largest absolute Gasteiger partial charge is 0.454 e. The maximum atomic E-state index is 13.3. The fourth-order valence-corrected chi connectivity index (χ4v) is 5.55. The van der Waals surface area contributed by atoms with Gasteiger partial charge < -0.3 is 18.6 Å². The predicted molar refractivity (Wildman–Crippen MR) is 130 cm³/mol. The minimum Gasteiger partial charge on any atom is -0.454 e. The van der Waals surface area contributed by atoms with Crippen LogP contribution in [-0.4, -0.2) is 26.4 Å². The first-order valence-electron chi connectivity index (χ1n) is 11.2. The van der Waals surface area contributed by atoms with Crippen LogP contribution < -0.4 is 19.8 Å². The van der Waals surface area contributed by atoms with Crippen LogP contribution in [0.5, 0.6) is 23.1 Å². The molecule has 4 aromatic heterocycles. The average Bonchev–Trinajstić information content (AvgIpc) is 3.67. The lowest BCUT2D eigenvalue weighted by molar-refractivity contribution is 0.174. The predicted octanol–water partition coefficient (Wildman–Crippen LogP) is 4.97. The number of fused-ring (bicyclic) bond motifs is 7. The van der Waals surface area contributed by atoms with E-state index in [1.165, 1.54) is 0 Å². The summed E-state index contributed by atoms with van der Waals surface area (Å²) in [6.07, 6.45) is 1.57. The molecule has 8 rings (SSSR count). The Morgan fingerprint density at radius 3 is 2.86 bits per heavy atom. The Hall–Kier alpha value is -4.70. The monoisotopic (exact) mass is 494 g/mol. The van der Waals surface area contributed by atoms with Gasteiger partial charge in [0.15, 0.2) is 28.7 Å². The van der Waals surface area contributed by atoms with Crippen molar-refractivity contribution in [1.82, 2.24) is 19.6 Å². The van der Waals surface area contributed by atoms with Crippen molar-refractivity contribution in [1.29, 1.82) is 0 Å². The molecule has 0 fully saturated rings. The van der Waals surface area contributed by atoms with Crippen LogP contribution in [0, 0.1) is 0 Å². The Kier molecular flexibility index (Phi) is 3.89. The summed E-state index contributed by atoms with van der Waals surface area (Å²) in [5.74, 6) is 2.17. The van der Waals surface area contributed by atoms with Crippen molar-refractivity contribution in [2.24, 2.45) is 0 Å². The number of para-hydroxylation sites is 1. The minimum absolute atomic E-state index is 0.186. The normalized spacial score (nSPS) is 15.6. The number of nitrogens with zero attached hydrogens (tertiary/aromatic N) is 4. The van der Waals surface area contributed by atoms with Gasteiger partial charge in [-0.25, -0.2) is 19.3 Å². The van der Waals surface area contributed by atoms with Gasteiger partial charge in [-0.05, 0) is 52.7 Å². The molecule has 0 aliphatic carbocycles. The third-order valence-electron chi connectivity index (χ3n) is 6.47. The van der Waals surface area contributed by atoms with Crippen LogP contribution in [-0.2, 0) is 0 Å². The van der Waals surface area contributed by atoms with E-state index in [1.54, 1.807) is 28.2 Å². The summed E-state index contributed by atoms with van der Waals surface area (Å²) in [4.78, 5) is 22.8. The molecular formula is C26H14N4O5S. The van der Waals surface area contributed by atoms with E-state index in [-0.39, 0.29) is 6.79 Å². The second kappa shape index (κ2) is 7.15. The Balaban J connectivity index is 1.39. The molecular weight excluding hydrogens is 480 g/mol. The van der Waals surface area contributed by atoms with E-state index in [1.807, 2.05) is 53.2 Å². The van der Waals surface area contributed by atoms with Gasteiger partial charge in [0, 0.05) is 5.56 Å². The molecule has 2 aromatic carbocycles. The zero-order chi connectivity index (χ0) is 23.8. The van der Waals surface area contributed by atoms with Crippen molar-refractivity contribution in [3.05, 3.63) is 92.7 Å². The molecule has 0 saturated carbocycles. The van der Waals surface area contributed by atoms with Crippen molar-refractivity contribution in [2.75, 3.05) is 6.79 Å². The fraction of sp³-hybridized carbons (Fsp3) is 0.0769. The molecule has 0 saturated heterocycles. The lowest BCUT2D eigenvalue weighted by Gasteiger charge is -2.26. The topological polar surface area (TPSA) is 101 Å². The SMILES string of the molecule is O=c1oc2ccccc2c2c1C(c1ccsc1)c1c(ncn3nc(-c4ccc5c(c4)OCO5)nc13)O2. The van der Waals surface area contributed by atoms with E-state index in [0.29, 0.717) is 56.7 Å². The number of hydrogen-bond donors (Lipinski definition) is 0. The zero-order valence-electron chi connectivity index (χ0n) is 18.4. The molecule has 6 aromatic rings. The maximum absolute atomic E-state index is 13.3. The van der Waals surface area contributed by atoms with Gasteiger partial charge in [-0.15, -0.1) is 5.10 Å². The number of aromatic nitrogens is 4. The number of thiophene rings is 1. The van der Waals surface area contributed by atoms with Crippen molar-refractivity contribution in [2.45, 2.75) is 5.92 Å². The molecule has 0 spiro atoms. The van der Waals surface area contributed by atoms with E-state index in [2.05, 4.69) is 10.1 Å². The highest BCUT2D eigenvalue weighted by atomic mass is 32.1. The standard InChI is InChI=1S/C26H14N4O5S/c31-26-20-19(14-7-8-36-10-14)21-24-28-23(13-5-6-17-18(9-13)33-12-32-17)29-30(24)11-27-25(21)35-22(20)15-3-1-2-4-16(15)34-26/h1-11,19H,12H2. The zero-order valence-corrected chi connectivity index (χ0v) is 19.2. The third kappa shape index (κ3) is 2.70. The summed E-state index contributed by atoms with van der Waals surface area (Å²) in [5, 5.41) is 9.35. The summed E-state index contributed by atoms with van der Waals surface area (Å²) < 4.78 is 24.6. The van der Waals surface area contributed by atoms with Crippen molar-refractivity contribution in [3.63, 3.8) is 0 Å². The Morgan fingerprint density at radius 1 is 1.03 bits per heavy atom. The summed E-state index contributed by atoms with van der Waals surface area (Å²) in [7, 11) is 0. The van der Waals surface area contributed by atoms with Gasteiger partial charge in [-0.3, -0.25) is 0 Å². The van der Waals surface area contributed by atoms with Crippen LogP contribution in [0.3, 0.4) is 0 Å². The van der Waals surface area contributed by atoms with Gasteiger partial charge in [-0.2, -0.15) is 11.3 Å². The Labute approximate surface area is 206 Å². The molecule has 0 bridgehead atoms. The number of ether oxygens (including phenoxy) is 3. The van der Waals surface area contributed by atoms with E-state index >= 15 is 0 Å². The van der Waals surface area contributed by atoms with Crippen LogP contribution >= 0.6 is 11.3 Å². The molecule has 2 aliphatic heterocycles. The second-order valence-electron chi connectivity index (χ2n) is 8.46. The average molecular weight is 494 g/mol. The molecule has 0 N–H and O–H groups in total. The maximum Gasteiger partial charge on any atom is 0.344 e. The molecule has 2 aliphatic rings. The third-order valence-corrected chi connectivity index (χ3v) is 7.17.